The zero-order chi connectivity index (χ0) is 27.2. The molecule has 5 N–H and O–H groups in total. The third-order valence-corrected chi connectivity index (χ3v) is 7.84. The van der Waals surface area contributed by atoms with E-state index in [2.05, 4.69) is 10.6 Å². The number of nitrogens with two attached hydrogens (primary N) is 1. The van der Waals surface area contributed by atoms with Gasteiger partial charge in [-0.25, -0.2) is 0 Å². The summed E-state index contributed by atoms with van der Waals surface area (Å²) in [4.78, 5) is 64.1. The molecule has 2 aliphatic heterocycles. The second-order valence-electron chi connectivity index (χ2n) is 11.0. The fourth-order valence-electron chi connectivity index (χ4n) is 5.60. The Kier molecular flexibility index (Phi) is 7.88. The number of hydrogen-bond donors (Lipinski definition) is 4. The lowest BCUT2D eigenvalue weighted by molar-refractivity contribution is -0.146. The van der Waals surface area contributed by atoms with E-state index in [0.717, 1.165) is 0 Å². The number of amides is 5. The summed E-state index contributed by atoms with van der Waals surface area (Å²) in [5, 5.41) is 3.12. The quantitative estimate of drug-likeness (QED) is 0.298. The number of hydrogen-bond acceptors (Lipinski definition) is 5. The van der Waals surface area contributed by atoms with Gasteiger partial charge in [0, 0.05) is 19.0 Å². The second kappa shape index (κ2) is 10.1. The predicted octanol–water partition coefficient (Wildman–Crippen LogP) is 0.328. The molecule has 2 heterocycles. The molecule has 0 aromatic carbocycles. The fraction of sp³-hybridized carbons (Fsp3) is 0.783. The van der Waals surface area contributed by atoms with Crippen LogP contribution in [0.25, 0.3) is 0 Å². The Morgan fingerprint density at radius 2 is 1.86 bits per heavy atom. The van der Waals surface area contributed by atoms with Crippen LogP contribution < -0.4 is 21.7 Å². The van der Waals surface area contributed by atoms with Gasteiger partial charge in [0.15, 0.2) is 0 Å². The Morgan fingerprint density at radius 1 is 1.22 bits per heavy atom. The van der Waals surface area contributed by atoms with Crippen LogP contribution in [0.4, 0.5) is 8.78 Å². The number of likely N-dealkylation sites (tertiary alicyclic amines) is 1. The summed E-state index contributed by atoms with van der Waals surface area (Å²) in [6.07, 6.45) is 0.593. The first-order valence-corrected chi connectivity index (χ1v) is 12.5. The van der Waals surface area contributed by atoms with Gasteiger partial charge in [0.2, 0.25) is 23.6 Å². The molecule has 0 bridgehead atoms. The van der Waals surface area contributed by atoms with Gasteiger partial charge in [-0.2, -0.15) is 8.78 Å². The molecule has 0 radical (unpaired) electrons. The summed E-state index contributed by atoms with van der Waals surface area (Å²) in [7, 11) is 0. The SMILES string of the molecule is CC(C)C[C@H](NC(=O)C(F)(F)Cl)C(=O)N1C[C@H]2[C@@H]([C@H]1C(=O)N[C@@H](C[C@@H]1CCNC1=O)C(N)=O)C2(C)C. The Labute approximate surface area is 213 Å². The van der Waals surface area contributed by atoms with Gasteiger partial charge in [-0.05, 0) is 54.0 Å². The van der Waals surface area contributed by atoms with Gasteiger partial charge >= 0.3 is 11.3 Å². The standard InChI is InChI=1S/C23H34ClF2N5O5/c1-10(2)7-14(30-21(36)23(24,25)26)20(35)31-9-12-15(22(12,3)4)16(31)19(34)29-13(17(27)32)8-11-5-6-28-18(11)33/h10-16H,5-9H2,1-4H3,(H2,27,32)(H,28,33)(H,29,34)(H,30,36)/t11-,12-,13-,14-,15-,16-/m0/s1. The van der Waals surface area contributed by atoms with E-state index in [1.165, 1.54) is 4.90 Å². The van der Waals surface area contributed by atoms with E-state index in [0.29, 0.717) is 13.0 Å². The number of halogens is 3. The number of alkyl halides is 3. The van der Waals surface area contributed by atoms with Crippen LogP contribution in [-0.4, -0.2) is 71.0 Å². The van der Waals surface area contributed by atoms with E-state index in [-0.39, 0.29) is 48.5 Å². The molecule has 1 aliphatic carbocycles. The summed E-state index contributed by atoms with van der Waals surface area (Å²) >= 11 is 4.84. The topological polar surface area (TPSA) is 151 Å². The van der Waals surface area contributed by atoms with E-state index in [9.17, 15) is 32.8 Å². The monoisotopic (exact) mass is 533 g/mol. The lowest BCUT2D eigenvalue weighted by Gasteiger charge is -2.34. The van der Waals surface area contributed by atoms with E-state index < -0.39 is 53.1 Å². The molecular weight excluding hydrogens is 500 g/mol. The minimum Gasteiger partial charge on any atom is -0.368 e. The third kappa shape index (κ3) is 5.73. The molecule has 13 heteroatoms. The summed E-state index contributed by atoms with van der Waals surface area (Å²) in [6, 6.07) is -3.42. The molecule has 5 amide bonds. The summed E-state index contributed by atoms with van der Waals surface area (Å²) in [6.45, 7) is 8.10. The van der Waals surface area contributed by atoms with Crippen LogP contribution in [0, 0.1) is 29.1 Å². The van der Waals surface area contributed by atoms with E-state index in [1.54, 1.807) is 13.8 Å². The summed E-state index contributed by atoms with van der Waals surface area (Å²) < 4.78 is 26.7. The van der Waals surface area contributed by atoms with Crippen LogP contribution in [-0.2, 0) is 24.0 Å². The molecule has 0 aromatic rings. The zero-order valence-corrected chi connectivity index (χ0v) is 21.5. The van der Waals surface area contributed by atoms with Crippen LogP contribution in [0.15, 0.2) is 0 Å². The molecule has 2 saturated heterocycles. The predicted molar refractivity (Wildman–Crippen MR) is 125 cm³/mol. The Morgan fingerprint density at radius 3 is 2.36 bits per heavy atom. The van der Waals surface area contributed by atoms with Crippen molar-refractivity contribution >= 4 is 41.1 Å². The van der Waals surface area contributed by atoms with E-state index in [4.69, 9.17) is 17.3 Å². The molecule has 0 aromatic heterocycles. The van der Waals surface area contributed by atoms with Crippen LogP contribution >= 0.6 is 11.6 Å². The molecule has 0 unspecified atom stereocenters. The smallest absolute Gasteiger partial charge is 0.368 e. The number of piperidine rings is 1. The lowest BCUT2D eigenvalue weighted by Crippen LogP contribution is -2.59. The molecular formula is C23H34ClF2N5O5. The van der Waals surface area contributed by atoms with Crippen molar-refractivity contribution in [1.82, 2.24) is 20.9 Å². The minimum absolute atomic E-state index is 0.0188. The minimum atomic E-state index is -4.19. The molecule has 10 nitrogen and oxygen atoms in total. The molecule has 6 atom stereocenters. The van der Waals surface area contributed by atoms with Gasteiger partial charge in [-0.3, -0.25) is 24.0 Å². The van der Waals surface area contributed by atoms with Gasteiger partial charge in [-0.1, -0.05) is 27.7 Å². The first kappa shape index (κ1) is 28.1. The highest BCUT2D eigenvalue weighted by Crippen LogP contribution is 2.65. The molecule has 36 heavy (non-hydrogen) atoms. The molecule has 3 fully saturated rings. The maximum absolute atomic E-state index is 13.5. The first-order valence-electron chi connectivity index (χ1n) is 12.1. The molecule has 3 aliphatic rings. The highest BCUT2D eigenvalue weighted by molar-refractivity contribution is 6.32. The molecule has 0 spiro atoms. The number of carbonyl (C=O) groups is 5. The first-order chi connectivity index (χ1) is 16.6. The van der Waals surface area contributed by atoms with Gasteiger partial charge in [0.05, 0.1) is 0 Å². The normalized spacial score (nSPS) is 28.2. The Bertz CT molecular complexity index is 940. The highest BCUT2D eigenvalue weighted by atomic mass is 35.5. The number of primary amides is 1. The number of fused-ring (bicyclic) bond motifs is 1. The van der Waals surface area contributed by atoms with Crippen molar-refractivity contribution in [3.63, 3.8) is 0 Å². The van der Waals surface area contributed by atoms with Gasteiger partial charge in [-0.15, -0.1) is 0 Å². The maximum atomic E-state index is 13.5. The summed E-state index contributed by atoms with van der Waals surface area (Å²) in [5.74, 6) is -4.97. The molecule has 1 saturated carbocycles. The zero-order valence-electron chi connectivity index (χ0n) is 20.8. The molecule has 202 valence electrons. The lowest BCUT2D eigenvalue weighted by atomic mass is 9.95. The number of rotatable bonds is 10. The van der Waals surface area contributed by atoms with E-state index in [1.807, 2.05) is 19.2 Å². The average Bonchev–Trinajstić information content (AvgIpc) is 3.10. The number of nitrogens with zero attached hydrogens (tertiary/aromatic N) is 1. The van der Waals surface area contributed by atoms with Crippen molar-refractivity contribution < 1.29 is 32.8 Å². The largest absolute Gasteiger partial charge is 0.399 e. The van der Waals surface area contributed by atoms with Crippen molar-refractivity contribution in [3.05, 3.63) is 0 Å². The second-order valence-corrected chi connectivity index (χ2v) is 11.5. The Hall–Kier alpha value is -2.50. The van der Waals surface area contributed by atoms with Crippen LogP contribution in [0.2, 0.25) is 0 Å². The highest BCUT2D eigenvalue weighted by Gasteiger charge is 2.69. The van der Waals surface area contributed by atoms with Crippen LogP contribution in [0.1, 0.15) is 47.0 Å². The third-order valence-electron chi connectivity index (χ3n) is 7.67. The van der Waals surface area contributed by atoms with Crippen molar-refractivity contribution in [3.8, 4) is 0 Å². The van der Waals surface area contributed by atoms with Gasteiger partial charge in [0.25, 0.3) is 0 Å². The van der Waals surface area contributed by atoms with Crippen molar-refractivity contribution in [2.75, 3.05) is 13.1 Å². The van der Waals surface area contributed by atoms with Crippen molar-refractivity contribution in [1.29, 1.82) is 0 Å². The van der Waals surface area contributed by atoms with Crippen LogP contribution in [0.5, 0.6) is 0 Å². The van der Waals surface area contributed by atoms with Crippen molar-refractivity contribution in [2.45, 2.75) is 70.5 Å². The maximum Gasteiger partial charge on any atom is 0.399 e. The van der Waals surface area contributed by atoms with Gasteiger partial charge < -0.3 is 26.6 Å². The Balaban J connectivity index is 1.80. The summed E-state index contributed by atoms with van der Waals surface area (Å²) in [5.41, 5.74) is 5.24. The van der Waals surface area contributed by atoms with Crippen LogP contribution in [0.3, 0.4) is 0 Å². The average molecular weight is 534 g/mol. The fourth-order valence-corrected chi connectivity index (χ4v) is 5.66. The number of nitrogens with one attached hydrogen (secondary N) is 3. The van der Waals surface area contributed by atoms with E-state index >= 15 is 0 Å². The van der Waals surface area contributed by atoms with Gasteiger partial charge in [0.1, 0.15) is 18.1 Å². The number of carbonyl (C=O) groups excluding carboxylic acids is 5. The molecule has 3 rings (SSSR count). The van der Waals surface area contributed by atoms with Crippen molar-refractivity contribution in [2.24, 2.45) is 34.8 Å².